The fraction of sp³-hybridized carbons (Fsp3) is 0.451. The molecule has 2 aromatic heterocycles. The van der Waals surface area contributed by atoms with E-state index in [0.717, 1.165) is 25.6 Å². The Bertz CT molecular complexity index is 4240. The quantitative estimate of drug-likeness (QED) is 0.0180. The Morgan fingerprint density at radius 3 is 1.73 bits per heavy atom. The van der Waals surface area contributed by atoms with Crippen LogP contribution in [0.15, 0.2) is 85.2 Å². The van der Waals surface area contributed by atoms with Crippen molar-refractivity contribution >= 4 is 134 Å². The van der Waals surface area contributed by atoms with Crippen LogP contribution in [0.4, 0.5) is 0 Å². The number of carboxylic acids is 1. The topological polar surface area (TPSA) is 646 Å². The summed E-state index contributed by atoms with van der Waals surface area (Å²) >= 11 is 0.912. The lowest BCUT2D eigenvalue weighted by atomic mass is 9.98. The summed E-state index contributed by atoms with van der Waals surface area (Å²) in [4.78, 5) is 239. The third-order valence-electron chi connectivity index (χ3n) is 17.4. The molecule has 6 rings (SSSR count). The molecule has 5 aromatic rings. The van der Waals surface area contributed by atoms with Crippen LogP contribution < -0.4 is 97.2 Å². The molecule has 39 nitrogen and oxygen atoms in total. The fourth-order valence-corrected chi connectivity index (χ4v) is 12.6. The summed E-state index contributed by atoms with van der Waals surface area (Å²) in [6.07, 6.45) is -4.25. The predicted octanol–water partition coefficient (Wildman–Crippen LogP) is -5.83. The SMILES string of the molecule is CC(=O)N[C@H]1CCSC[C@@H](C(=O)N[C@@H](Cc2ccc(OCCN)cc2)C(=O)N[C@@H](Cc2c[nH]c3ccccc23)C(=O)NC(C)(C)C(=O)N[C@@H](CCC(=O)O)C(=O)N[C@@H](CC(N)=O)C(=O)NCC(N)=O)NC(=O)[C@H](CCC(N)=O)NC(=O)[C@H](Cc2c[nH]c3ccccc23)NC(=O)[C@H]([C@@H](C)O)NC(=O)[C@H](CCC(N)=O)NC1=O. The van der Waals surface area contributed by atoms with Gasteiger partial charge in [-0.3, -0.25) is 81.5 Å². The molecule has 0 unspecified atom stereocenters. The number of rotatable bonds is 35. The Morgan fingerprint density at radius 1 is 0.604 bits per heavy atom. The van der Waals surface area contributed by atoms with Crippen molar-refractivity contribution in [1.82, 2.24) is 73.8 Å². The van der Waals surface area contributed by atoms with E-state index in [4.69, 9.17) is 33.4 Å². The number of ether oxygens (including phenoxy) is 1. The molecule has 0 saturated carbocycles. The van der Waals surface area contributed by atoms with Crippen molar-refractivity contribution in [3.8, 4) is 5.75 Å². The average Bonchev–Trinajstić information content (AvgIpc) is 1.81. The number of hydrogen-bond donors (Lipinski definition) is 21. The molecule has 1 saturated heterocycles. The zero-order valence-electron chi connectivity index (χ0n) is 61.3. The first-order chi connectivity index (χ1) is 52.5. The van der Waals surface area contributed by atoms with Gasteiger partial charge in [0.15, 0.2) is 0 Å². The largest absolute Gasteiger partial charge is 0.492 e. The number of carboxylic acid groups (broad SMARTS) is 1. The maximum absolute atomic E-state index is 15.5. The van der Waals surface area contributed by atoms with Crippen molar-refractivity contribution in [1.29, 1.82) is 0 Å². The highest BCUT2D eigenvalue weighted by Gasteiger charge is 2.40. The van der Waals surface area contributed by atoms with Gasteiger partial charge in [-0.25, -0.2) is 0 Å². The number of nitrogens with two attached hydrogens (primary N) is 5. The number of aromatic amines is 2. The van der Waals surface area contributed by atoms with Gasteiger partial charge in [0, 0.05) is 91.9 Å². The normalized spacial score (nSPS) is 18.8. The zero-order chi connectivity index (χ0) is 81.8. The number of carbonyl (C=O) groups excluding carboxylic acids is 16. The van der Waals surface area contributed by atoms with E-state index in [1.165, 1.54) is 13.8 Å². The fourth-order valence-electron chi connectivity index (χ4n) is 11.6. The Labute approximate surface area is 639 Å². The number of H-pyrrole nitrogens is 2. The molecule has 40 heteroatoms. The zero-order valence-corrected chi connectivity index (χ0v) is 62.1. The second-order valence-corrected chi connectivity index (χ2v) is 28.0. The summed E-state index contributed by atoms with van der Waals surface area (Å²) in [6.45, 7) is 4.15. The van der Waals surface area contributed by atoms with Gasteiger partial charge in [0.1, 0.15) is 78.3 Å². The van der Waals surface area contributed by atoms with E-state index in [-0.39, 0.29) is 38.2 Å². The van der Waals surface area contributed by atoms with Crippen molar-refractivity contribution in [3.63, 3.8) is 0 Å². The highest BCUT2D eigenvalue weighted by molar-refractivity contribution is 7.99. The first-order valence-electron chi connectivity index (χ1n) is 35.3. The number of hydrogen-bond acceptors (Lipinski definition) is 21. The van der Waals surface area contributed by atoms with Crippen molar-refractivity contribution in [2.75, 3.05) is 31.2 Å². The van der Waals surface area contributed by atoms with Gasteiger partial charge in [0.05, 0.1) is 19.1 Å². The highest BCUT2D eigenvalue weighted by atomic mass is 32.2. The first-order valence-corrected chi connectivity index (χ1v) is 36.4. The van der Waals surface area contributed by atoms with E-state index in [1.54, 1.807) is 85.2 Å². The molecule has 16 amide bonds. The molecule has 0 aliphatic carbocycles. The van der Waals surface area contributed by atoms with Crippen LogP contribution in [0.3, 0.4) is 0 Å². The number of thioether (sulfide) groups is 1. The van der Waals surface area contributed by atoms with E-state index in [2.05, 4.69) is 73.8 Å². The average molecular weight is 1570 g/mol. The minimum atomic E-state index is -2.09. The van der Waals surface area contributed by atoms with Crippen LogP contribution in [-0.4, -0.2) is 224 Å². The van der Waals surface area contributed by atoms with E-state index in [9.17, 15) is 72.5 Å². The van der Waals surface area contributed by atoms with Crippen LogP contribution in [-0.2, 0) is 101 Å². The number of carbonyl (C=O) groups is 17. The number of aliphatic carboxylic acids is 1. The molecule has 0 bridgehead atoms. The lowest BCUT2D eigenvalue weighted by Gasteiger charge is -2.31. The smallest absolute Gasteiger partial charge is 0.303 e. The van der Waals surface area contributed by atoms with Gasteiger partial charge in [0.25, 0.3) is 0 Å². The molecular formula is C71H95N19O20S. The standard InChI is InChI=1S/C71H95N19O20S/c1-35(91)59-69(108)86-50(28-38-31-77-43-11-7-5-9-41(38)43)66(105)82-45(17-20-54(73)93)61(100)87-53(34-111-26-23-48(80-36(2)92)63(102)81-46(64(103)89-59)18-21-55(74)94)67(106)83-49(27-37-13-15-40(16-14-37)110-25-24-72)65(104)84-51(29-39-32-78-44-12-8-6-10-42(39)44)68(107)90-71(3,4)70(109)88-47(19-22-58(97)98)62(101)85-52(30-56(75)95)60(99)79-33-57(76)96/h5-16,31-32,35,45-53,59,77-78,91H,17-30,33-34,72H2,1-4H3,(H2,73,93)(H2,74,94)(H2,75,95)(H2,76,96)(H,79,99)(H,80,92)(H,81,102)(H,82,105)(H,83,106)(H,84,104)(H,85,101)(H,86,108)(H,87,100)(H,88,109)(H,89,103)(H,90,107)(H,97,98)/t35-,45+,46+,47+,48+,49+,50+,51+,52+,53+,59+/m1/s1. The van der Waals surface area contributed by atoms with Gasteiger partial charge in [0.2, 0.25) is 94.5 Å². The molecule has 11 atom stereocenters. The number of aliphatic hydroxyl groups excluding tert-OH is 1. The summed E-state index contributed by atoms with van der Waals surface area (Å²) in [7, 11) is 0. The molecule has 3 heterocycles. The summed E-state index contributed by atoms with van der Waals surface area (Å²) in [5.74, 6) is -18.5. The molecule has 26 N–H and O–H groups in total. The molecule has 3 aromatic carbocycles. The van der Waals surface area contributed by atoms with Crippen LogP contribution >= 0.6 is 11.8 Å². The monoisotopic (exact) mass is 1570 g/mol. The van der Waals surface area contributed by atoms with Crippen LogP contribution in [0.25, 0.3) is 21.8 Å². The molecular weight excluding hydrogens is 1470 g/mol. The summed E-state index contributed by atoms with van der Waals surface area (Å²) in [5, 5.41) is 51.6. The number of primary amides is 4. The molecule has 1 fully saturated rings. The second-order valence-electron chi connectivity index (χ2n) is 26.8. The summed E-state index contributed by atoms with van der Waals surface area (Å²) in [5.41, 5.74) is 27.6. The first kappa shape index (κ1) is 87.7. The van der Waals surface area contributed by atoms with E-state index in [1.807, 2.05) is 0 Å². The lowest BCUT2D eigenvalue weighted by molar-refractivity contribution is -0.139. The Hall–Kier alpha value is -12.2. The van der Waals surface area contributed by atoms with Gasteiger partial charge in [-0.15, -0.1) is 0 Å². The number of aliphatic hydroxyl groups is 1. The van der Waals surface area contributed by atoms with Crippen LogP contribution in [0, 0.1) is 0 Å². The third kappa shape index (κ3) is 27.8. The van der Waals surface area contributed by atoms with Gasteiger partial charge in [-0.1, -0.05) is 48.5 Å². The maximum Gasteiger partial charge on any atom is 0.303 e. The molecule has 0 spiro atoms. The van der Waals surface area contributed by atoms with Crippen molar-refractivity contribution < 1.29 is 96.5 Å². The van der Waals surface area contributed by atoms with Gasteiger partial charge in [-0.2, -0.15) is 11.8 Å². The number of amides is 16. The predicted molar refractivity (Wildman–Crippen MR) is 399 cm³/mol. The Kier molecular flexibility index (Phi) is 33.1. The van der Waals surface area contributed by atoms with E-state index < -0.39 is 236 Å². The number of nitrogens with one attached hydrogen (secondary N) is 14. The number of benzene rings is 3. The Morgan fingerprint density at radius 2 is 1.15 bits per heavy atom. The van der Waals surface area contributed by atoms with Gasteiger partial charge >= 0.3 is 5.97 Å². The molecule has 111 heavy (non-hydrogen) atoms. The van der Waals surface area contributed by atoms with Crippen LogP contribution in [0.1, 0.15) is 95.8 Å². The van der Waals surface area contributed by atoms with Crippen molar-refractivity contribution in [2.24, 2.45) is 28.7 Å². The lowest BCUT2D eigenvalue weighted by Crippen LogP contribution is -2.64. The molecule has 0 radical (unpaired) electrons. The Balaban J connectivity index is 1.42. The molecule has 600 valence electrons. The maximum atomic E-state index is 15.5. The number of aromatic nitrogens is 2. The second kappa shape index (κ2) is 42.0. The van der Waals surface area contributed by atoms with Gasteiger partial charge in [-0.05, 0) is 93.2 Å². The highest BCUT2D eigenvalue weighted by Crippen LogP contribution is 2.23. The number of fused-ring (bicyclic) bond motifs is 2. The van der Waals surface area contributed by atoms with E-state index >= 15 is 19.2 Å². The third-order valence-corrected chi connectivity index (χ3v) is 18.5. The summed E-state index contributed by atoms with van der Waals surface area (Å²) in [6, 6.07) is 2.66. The summed E-state index contributed by atoms with van der Waals surface area (Å²) < 4.78 is 5.68. The van der Waals surface area contributed by atoms with Crippen LogP contribution in [0.5, 0.6) is 5.75 Å². The minimum Gasteiger partial charge on any atom is -0.492 e. The van der Waals surface area contributed by atoms with Crippen molar-refractivity contribution in [2.45, 2.75) is 170 Å². The van der Waals surface area contributed by atoms with Crippen molar-refractivity contribution in [3.05, 3.63) is 102 Å². The molecule has 1 aliphatic heterocycles. The van der Waals surface area contributed by atoms with E-state index in [0.29, 0.717) is 44.2 Å². The number of para-hydroxylation sites is 2. The minimum absolute atomic E-state index is 0.114. The molecule has 1 aliphatic rings. The van der Waals surface area contributed by atoms with Gasteiger partial charge < -0.3 is 117 Å². The van der Waals surface area contributed by atoms with Crippen LogP contribution in [0.2, 0.25) is 0 Å².